The standard InChI is InChI=1S/C9H7NO5/c1-14-9(13)5-3-6-4(10-5)2-7(15-6)8(11)12/h2-3,10H,1H3,(H,11,12). The van der Waals surface area contributed by atoms with Gasteiger partial charge < -0.3 is 19.2 Å². The first-order valence-corrected chi connectivity index (χ1v) is 4.06. The molecule has 6 heteroatoms. The zero-order valence-electron chi connectivity index (χ0n) is 7.73. The highest BCUT2D eigenvalue weighted by Gasteiger charge is 2.15. The maximum atomic E-state index is 11.1. The third-order valence-corrected chi connectivity index (χ3v) is 1.92. The lowest BCUT2D eigenvalue weighted by Gasteiger charge is -1.92. The third kappa shape index (κ3) is 1.45. The maximum absolute atomic E-state index is 11.1. The average Bonchev–Trinajstić information content (AvgIpc) is 2.72. The summed E-state index contributed by atoms with van der Waals surface area (Å²) < 4.78 is 9.45. The van der Waals surface area contributed by atoms with Gasteiger partial charge in [-0.25, -0.2) is 9.59 Å². The van der Waals surface area contributed by atoms with Gasteiger partial charge in [-0.15, -0.1) is 0 Å². The lowest BCUT2D eigenvalue weighted by Crippen LogP contribution is -2.00. The molecule has 15 heavy (non-hydrogen) atoms. The molecule has 0 spiro atoms. The average molecular weight is 209 g/mol. The van der Waals surface area contributed by atoms with Gasteiger partial charge in [0.25, 0.3) is 0 Å². The molecule has 0 aromatic carbocycles. The van der Waals surface area contributed by atoms with E-state index in [4.69, 9.17) is 9.52 Å². The van der Waals surface area contributed by atoms with Crippen molar-refractivity contribution in [1.29, 1.82) is 0 Å². The van der Waals surface area contributed by atoms with Crippen LogP contribution in [0.25, 0.3) is 11.1 Å². The molecule has 78 valence electrons. The first-order chi connectivity index (χ1) is 7.11. The summed E-state index contributed by atoms with van der Waals surface area (Å²) in [6, 6.07) is 2.71. The van der Waals surface area contributed by atoms with Crippen molar-refractivity contribution in [3.05, 3.63) is 23.6 Å². The van der Waals surface area contributed by atoms with E-state index >= 15 is 0 Å². The van der Waals surface area contributed by atoms with Crippen LogP contribution in [-0.2, 0) is 4.74 Å². The van der Waals surface area contributed by atoms with Gasteiger partial charge in [-0.05, 0) is 0 Å². The second kappa shape index (κ2) is 3.16. The van der Waals surface area contributed by atoms with Gasteiger partial charge in [0.2, 0.25) is 5.76 Å². The molecule has 2 aromatic heterocycles. The van der Waals surface area contributed by atoms with Crippen LogP contribution in [0.2, 0.25) is 0 Å². The van der Waals surface area contributed by atoms with Crippen molar-refractivity contribution in [2.75, 3.05) is 7.11 Å². The highest BCUT2D eigenvalue weighted by molar-refractivity contribution is 5.95. The van der Waals surface area contributed by atoms with Gasteiger partial charge in [0.05, 0.1) is 12.6 Å². The van der Waals surface area contributed by atoms with E-state index in [1.807, 2.05) is 0 Å². The van der Waals surface area contributed by atoms with Crippen molar-refractivity contribution in [1.82, 2.24) is 4.98 Å². The van der Waals surface area contributed by atoms with Crippen LogP contribution < -0.4 is 0 Å². The topological polar surface area (TPSA) is 92.5 Å². The van der Waals surface area contributed by atoms with Gasteiger partial charge >= 0.3 is 11.9 Å². The molecule has 2 aromatic rings. The fourth-order valence-corrected chi connectivity index (χ4v) is 1.25. The Bertz CT molecular complexity index is 504. The number of carboxylic acid groups (broad SMARTS) is 1. The molecule has 2 heterocycles. The van der Waals surface area contributed by atoms with Crippen LogP contribution in [0.5, 0.6) is 0 Å². The summed E-state index contributed by atoms with van der Waals surface area (Å²) in [4.78, 5) is 24.3. The summed E-state index contributed by atoms with van der Waals surface area (Å²) in [7, 11) is 1.26. The number of hydrogen-bond donors (Lipinski definition) is 2. The monoisotopic (exact) mass is 209 g/mol. The molecule has 2 rings (SSSR count). The minimum Gasteiger partial charge on any atom is -0.475 e. The Morgan fingerprint density at radius 2 is 2.20 bits per heavy atom. The fraction of sp³-hybridized carbons (Fsp3) is 0.111. The second-order valence-electron chi connectivity index (χ2n) is 2.87. The molecule has 0 saturated heterocycles. The number of furan rings is 1. The molecule has 0 atom stereocenters. The van der Waals surface area contributed by atoms with Crippen molar-refractivity contribution in [2.24, 2.45) is 0 Å². The minimum absolute atomic E-state index is 0.173. The Morgan fingerprint density at radius 3 is 2.73 bits per heavy atom. The lowest BCUT2D eigenvalue weighted by molar-refractivity contribution is 0.0594. The van der Waals surface area contributed by atoms with Crippen molar-refractivity contribution in [3.8, 4) is 0 Å². The smallest absolute Gasteiger partial charge is 0.371 e. The van der Waals surface area contributed by atoms with Gasteiger partial charge in [-0.3, -0.25) is 0 Å². The Balaban J connectivity index is 2.47. The van der Waals surface area contributed by atoms with Crippen molar-refractivity contribution >= 4 is 23.0 Å². The lowest BCUT2D eigenvalue weighted by atomic mass is 10.4. The number of carboxylic acids is 1. The zero-order chi connectivity index (χ0) is 11.0. The SMILES string of the molecule is COC(=O)c1cc2oc(C(=O)O)cc2[nH]1. The number of methoxy groups -OCH3 is 1. The number of aromatic nitrogens is 1. The highest BCUT2D eigenvalue weighted by Crippen LogP contribution is 2.20. The summed E-state index contributed by atoms with van der Waals surface area (Å²) in [5.74, 6) is -1.86. The van der Waals surface area contributed by atoms with Crippen molar-refractivity contribution in [2.45, 2.75) is 0 Å². The van der Waals surface area contributed by atoms with Gasteiger partial charge in [-0.1, -0.05) is 0 Å². The number of rotatable bonds is 2. The highest BCUT2D eigenvalue weighted by atomic mass is 16.5. The number of esters is 1. The Morgan fingerprint density at radius 1 is 1.47 bits per heavy atom. The van der Waals surface area contributed by atoms with Crippen LogP contribution in [0.15, 0.2) is 16.5 Å². The first-order valence-electron chi connectivity index (χ1n) is 4.06. The molecule has 0 saturated carbocycles. The predicted molar refractivity (Wildman–Crippen MR) is 48.9 cm³/mol. The molecule has 0 amide bonds. The maximum Gasteiger partial charge on any atom is 0.371 e. The summed E-state index contributed by atoms with van der Waals surface area (Å²) >= 11 is 0. The molecule has 0 fully saturated rings. The fourth-order valence-electron chi connectivity index (χ4n) is 1.25. The van der Waals surface area contributed by atoms with Gasteiger partial charge in [0.15, 0.2) is 5.58 Å². The second-order valence-corrected chi connectivity index (χ2v) is 2.87. The predicted octanol–water partition coefficient (Wildman–Crippen LogP) is 1.25. The Kier molecular flexibility index (Phi) is 1.96. The number of hydrogen-bond acceptors (Lipinski definition) is 4. The van der Waals surface area contributed by atoms with E-state index in [1.165, 1.54) is 19.2 Å². The van der Waals surface area contributed by atoms with Crippen LogP contribution in [-0.4, -0.2) is 29.1 Å². The van der Waals surface area contributed by atoms with E-state index in [-0.39, 0.29) is 11.5 Å². The largest absolute Gasteiger partial charge is 0.475 e. The van der Waals surface area contributed by atoms with Crippen molar-refractivity contribution in [3.63, 3.8) is 0 Å². The summed E-state index contributed by atoms with van der Waals surface area (Å²) in [6.07, 6.45) is 0. The molecule has 0 aliphatic rings. The summed E-state index contributed by atoms with van der Waals surface area (Å²) in [5.41, 5.74) is 0.990. The quantitative estimate of drug-likeness (QED) is 0.726. The number of fused-ring (bicyclic) bond motifs is 1. The number of carbonyl (C=O) groups excluding carboxylic acids is 1. The Hall–Kier alpha value is -2.24. The molecule has 0 aliphatic carbocycles. The summed E-state index contributed by atoms with van der Waals surface area (Å²) in [6.45, 7) is 0. The third-order valence-electron chi connectivity index (χ3n) is 1.92. The molecule has 2 N–H and O–H groups in total. The normalized spacial score (nSPS) is 10.5. The van der Waals surface area contributed by atoms with E-state index in [1.54, 1.807) is 0 Å². The molecule has 0 bridgehead atoms. The van der Waals surface area contributed by atoms with Gasteiger partial charge in [-0.2, -0.15) is 0 Å². The number of ether oxygens (including phenoxy) is 1. The van der Waals surface area contributed by atoms with Crippen LogP contribution in [0.3, 0.4) is 0 Å². The number of aromatic carboxylic acids is 1. The molecule has 6 nitrogen and oxygen atoms in total. The van der Waals surface area contributed by atoms with Gasteiger partial charge in [0, 0.05) is 12.1 Å². The van der Waals surface area contributed by atoms with Crippen LogP contribution in [0, 0.1) is 0 Å². The molecule has 0 unspecified atom stereocenters. The molecular weight excluding hydrogens is 202 g/mol. The number of carbonyl (C=O) groups is 2. The zero-order valence-corrected chi connectivity index (χ0v) is 7.73. The number of aromatic amines is 1. The number of nitrogens with one attached hydrogen (secondary N) is 1. The number of H-pyrrole nitrogens is 1. The van der Waals surface area contributed by atoms with Crippen LogP contribution in [0.1, 0.15) is 21.0 Å². The van der Waals surface area contributed by atoms with E-state index < -0.39 is 11.9 Å². The summed E-state index contributed by atoms with van der Waals surface area (Å²) in [5, 5.41) is 8.63. The first kappa shape index (κ1) is 9.32. The minimum atomic E-state index is -1.15. The van der Waals surface area contributed by atoms with E-state index in [2.05, 4.69) is 9.72 Å². The molecular formula is C9H7NO5. The molecule has 0 radical (unpaired) electrons. The molecule has 0 aliphatic heterocycles. The van der Waals surface area contributed by atoms with Crippen LogP contribution >= 0.6 is 0 Å². The van der Waals surface area contributed by atoms with Crippen LogP contribution in [0.4, 0.5) is 0 Å². The van der Waals surface area contributed by atoms with E-state index in [9.17, 15) is 9.59 Å². The Labute approximate surface area is 83.4 Å². The van der Waals surface area contributed by atoms with Gasteiger partial charge in [0.1, 0.15) is 5.69 Å². The van der Waals surface area contributed by atoms with Crippen molar-refractivity contribution < 1.29 is 23.8 Å². The van der Waals surface area contributed by atoms with E-state index in [0.29, 0.717) is 11.1 Å². The van der Waals surface area contributed by atoms with E-state index in [0.717, 1.165) is 0 Å².